The molecule has 1 saturated heterocycles. The molecule has 4 rings (SSSR count). The summed E-state index contributed by atoms with van der Waals surface area (Å²) in [7, 11) is 2.14. The highest BCUT2D eigenvalue weighted by molar-refractivity contribution is 7.98. The summed E-state index contributed by atoms with van der Waals surface area (Å²) in [6.07, 6.45) is 13.0. The van der Waals surface area contributed by atoms with E-state index in [9.17, 15) is 4.79 Å². The van der Waals surface area contributed by atoms with E-state index in [1.54, 1.807) is 36.5 Å². The molecule has 1 aliphatic carbocycles. The van der Waals surface area contributed by atoms with Crippen molar-refractivity contribution in [1.29, 1.82) is 0 Å². The summed E-state index contributed by atoms with van der Waals surface area (Å²) in [5, 5.41) is 0.827. The molecule has 0 spiro atoms. The number of aromatic nitrogens is 2. The normalized spacial score (nSPS) is 18.2. The molecule has 1 aromatic carbocycles. The number of allylic oxidation sites excluding steroid dienone is 1. The highest BCUT2D eigenvalue weighted by atomic mass is 32.2. The molecule has 1 atom stereocenters. The number of nitrogens with zero attached hydrogens (tertiary/aromatic N) is 5. The number of likely N-dealkylation sites (tertiary alicyclic amines) is 1. The molecule has 0 amide bonds. The van der Waals surface area contributed by atoms with Gasteiger partial charge in [-0.15, -0.1) is 0 Å². The lowest BCUT2D eigenvalue weighted by Crippen LogP contribution is -2.26. The first-order valence-corrected chi connectivity index (χ1v) is 12.8. The molecule has 8 nitrogen and oxygen atoms in total. The zero-order valence-electron chi connectivity index (χ0n) is 20.5. The topological polar surface area (TPSA) is 92.1 Å². The van der Waals surface area contributed by atoms with E-state index in [2.05, 4.69) is 43.3 Å². The molecule has 0 unspecified atom stereocenters. The molecular weight excluding hydrogens is 460 g/mol. The maximum Gasteiger partial charge on any atom is 0.232 e. The highest BCUT2D eigenvalue weighted by Crippen LogP contribution is 2.31. The monoisotopic (exact) mass is 494 g/mol. The molecule has 2 aliphatic rings. The van der Waals surface area contributed by atoms with Gasteiger partial charge in [-0.25, -0.2) is 9.71 Å². The van der Waals surface area contributed by atoms with E-state index in [4.69, 9.17) is 4.74 Å². The van der Waals surface area contributed by atoms with Gasteiger partial charge in [0.2, 0.25) is 5.88 Å². The molecule has 1 aliphatic heterocycles. The van der Waals surface area contributed by atoms with Crippen molar-refractivity contribution < 1.29 is 9.53 Å². The molecule has 35 heavy (non-hydrogen) atoms. The molecule has 2 fully saturated rings. The van der Waals surface area contributed by atoms with Crippen LogP contribution in [-0.4, -0.2) is 72.2 Å². The Labute approximate surface area is 212 Å². The Hall–Kier alpha value is -2.88. The molecule has 186 valence electrons. The molecule has 0 bridgehead atoms. The lowest BCUT2D eigenvalue weighted by atomic mass is 10.1. The van der Waals surface area contributed by atoms with Gasteiger partial charge in [0, 0.05) is 22.6 Å². The lowest BCUT2D eigenvalue weighted by Gasteiger charge is -2.19. The molecule has 1 saturated carbocycles. The Bertz CT molecular complexity index is 1010. The summed E-state index contributed by atoms with van der Waals surface area (Å²) in [5.74, 6) is 0.504. The first kappa shape index (κ1) is 26.7. The Balaban J connectivity index is 0.000000196. The maximum absolute atomic E-state index is 10.5. The van der Waals surface area contributed by atoms with Crippen molar-refractivity contribution in [3.8, 4) is 17.1 Å². The number of hydrogen-bond donors (Lipinski definition) is 1. The standard InChI is InChI=1S/C13H22N4S.C13H12N2O2/c1-14-12(13-4-3-9-17(13)2)7-8-15-10-16-18-11-5-6-11;1-2-17-13-8-14-7-12(15-13)11-5-3-10(9-16)4-6-11/h7-8,11,13,16H,1,3-6,9-10H2,2H3;3-9H,2H2,1H3/b12-7-,15-8-;/t13-;/m0./s1. The second kappa shape index (κ2) is 14.5. The average Bonchev–Trinajstić information content (AvgIpc) is 3.63. The summed E-state index contributed by atoms with van der Waals surface area (Å²) < 4.78 is 8.53. The van der Waals surface area contributed by atoms with Crippen molar-refractivity contribution in [3.05, 3.63) is 54.0 Å². The summed E-state index contributed by atoms with van der Waals surface area (Å²) in [6.45, 7) is 7.93. The summed E-state index contributed by atoms with van der Waals surface area (Å²) in [5.41, 5.74) is 3.31. The first-order valence-electron chi connectivity index (χ1n) is 11.9. The number of hydrogen-bond acceptors (Lipinski definition) is 9. The number of carbonyl (C=O) groups excluding carboxylic acids is 1. The summed E-state index contributed by atoms with van der Waals surface area (Å²) in [4.78, 5) is 29.7. The van der Waals surface area contributed by atoms with Crippen LogP contribution in [0.15, 0.2) is 58.4 Å². The van der Waals surface area contributed by atoms with Crippen LogP contribution in [0.5, 0.6) is 5.88 Å². The van der Waals surface area contributed by atoms with Gasteiger partial charge in [0.1, 0.15) is 6.29 Å². The van der Waals surface area contributed by atoms with Crippen molar-refractivity contribution in [3.63, 3.8) is 0 Å². The van der Waals surface area contributed by atoms with Crippen LogP contribution >= 0.6 is 11.9 Å². The molecule has 2 aromatic rings. The number of ether oxygens (including phenoxy) is 1. The van der Waals surface area contributed by atoms with Crippen molar-refractivity contribution in [2.45, 2.75) is 43.9 Å². The summed E-state index contributed by atoms with van der Waals surface area (Å²) in [6, 6.07) is 7.59. The zero-order chi connectivity index (χ0) is 24.9. The van der Waals surface area contributed by atoms with E-state index in [0.717, 1.165) is 35.0 Å². The van der Waals surface area contributed by atoms with Gasteiger partial charge in [-0.1, -0.05) is 36.2 Å². The van der Waals surface area contributed by atoms with Crippen molar-refractivity contribution >= 4 is 31.2 Å². The van der Waals surface area contributed by atoms with Crippen molar-refractivity contribution in [2.24, 2.45) is 9.98 Å². The van der Waals surface area contributed by atoms with Crippen LogP contribution in [0.1, 0.15) is 43.0 Å². The molecular formula is C26H34N6O2S. The number of likely N-dealkylation sites (N-methyl/N-ethyl adjacent to an activating group) is 1. The van der Waals surface area contributed by atoms with Crippen molar-refractivity contribution in [1.82, 2.24) is 19.6 Å². The largest absolute Gasteiger partial charge is 0.477 e. The second-order valence-electron chi connectivity index (χ2n) is 8.26. The molecule has 2 heterocycles. The molecule has 1 aromatic heterocycles. The first-order chi connectivity index (χ1) is 17.1. The van der Waals surface area contributed by atoms with Crippen LogP contribution in [-0.2, 0) is 0 Å². The van der Waals surface area contributed by atoms with Gasteiger partial charge in [-0.3, -0.25) is 24.7 Å². The van der Waals surface area contributed by atoms with Crippen LogP contribution in [0, 0.1) is 0 Å². The van der Waals surface area contributed by atoms with E-state index in [1.165, 1.54) is 25.7 Å². The number of rotatable bonds is 11. The van der Waals surface area contributed by atoms with Crippen LogP contribution in [0.25, 0.3) is 11.3 Å². The molecule has 1 N–H and O–H groups in total. The number of carbonyl (C=O) groups is 1. The fraction of sp³-hybridized carbons (Fsp3) is 0.423. The van der Waals surface area contributed by atoms with E-state index in [-0.39, 0.29) is 0 Å². The molecule has 0 radical (unpaired) electrons. The van der Waals surface area contributed by atoms with Gasteiger partial charge < -0.3 is 4.74 Å². The van der Waals surface area contributed by atoms with E-state index in [0.29, 0.717) is 30.8 Å². The summed E-state index contributed by atoms with van der Waals surface area (Å²) >= 11 is 1.80. The Kier molecular flexibility index (Phi) is 11.1. The third-order valence-corrected chi connectivity index (χ3v) is 6.67. The van der Waals surface area contributed by atoms with Crippen LogP contribution in [0.3, 0.4) is 0 Å². The van der Waals surface area contributed by atoms with Gasteiger partial charge in [0.25, 0.3) is 0 Å². The smallest absolute Gasteiger partial charge is 0.232 e. The minimum Gasteiger partial charge on any atom is -0.477 e. The zero-order valence-corrected chi connectivity index (χ0v) is 21.3. The van der Waals surface area contributed by atoms with Crippen LogP contribution < -0.4 is 9.46 Å². The number of benzene rings is 1. The third kappa shape index (κ3) is 9.01. The van der Waals surface area contributed by atoms with E-state index in [1.807, 2.05) is 31.3 Å². The minimum atomic E-state index is 0.419. The third-order valence-electron chi connectivity index (χ3n) is 5.57. The highest BCUT2D eigenvalue weighted by Gasteiger charge is 2.23. The fourth-order valence-corrected chi connectivity index (χ4v) is 4.31. The Morgan fingerprint density at radius 3 is 2.71 bits per heavy atom. The Morgan fingerprint density at radius 1 is 1.29 bits per heavy atom. The SMILES string of the molecule is C=N/C(=C\C=N/CNSC1CC1)[C@@H]1CCCN1C.CCOc1cncc(-c2ccc(C=O)cc2)n1. The predicted molar refractivity (Wildman–Crippen MR) is 144 cm³/mol. The number of aliphatic imine (C=N–C) groups is 2. The minimum absolute atomic E-state index is 0.419. The van der Waals surface area contributed by atoms with Crippen LogP contribution in [0.4, 0.5) is 0 Å². The van der Waals surface area contributed by atoms with Gasteiger partial charge in [0.05, 0.1) is 43.1 Å². The van der Waals surface area contributed by atoms with Crippen molar-refractivity contribution in [2.75, 3.05) is 26.9 Å². The van der Waals surface area contributed by atoms with Gasteiger partial charge in [-0.2, -0.15) is 0 Å². The molecule has 9 heteroatoms. The second-order valence-corrected chi connectivity index (χ2v) is 9.45. The lowest BCUT2D eigenvalue weighted by molar-refractivity contribution is 0.112. The predicted octanol–water partition coefficient (Wildman–Crippen LogP) is 4.45. The van der Waals surface area contributed by atoms with E-state index < -0.39 is 0 Å². The fourth-order valence-electron chi connectivity index (χ4n) is 3.55. The van der Waals surface area contributed by atoms with Gasteiger partial charge >= 0.3 is 0 Å². The quantitative estimate of drug-likeness (QED) is 0.214. The average molecular weight is 495 g/mol. The Morgan fingerprint density at radius 2 is 2.09 bits per heavy atom. The number of aldehydes is 1. The van der Waals surface area contributed by atoms with Gasteiger partial charge in [-0.05, 0) is 59.0 Å². The maximum atomic E-state index is 10.5. The van der Waals surface area contributed by atoms with Gasteiger partial charge in [0.15, 0.2) is 0 Å². The van der Waals surface area contributed by atoms with E-state index >= 15 is 0 Å². The van der Waals surface area contributed by atoms with Crippen LogP contribution in [0.2, 0.25) is 0 Å². The number of nitrogens with one attached hydrogen (secondary N) is 1.